The maximum atomic E-state index is 13.7. The quantitative estimate of drug-likeness (QED) is 0.802. The van der Waals surface area contributed by atoms with E-state index in [1.807, 2.05) is 0 Å². The van der Waals surface area contributed by atoms with Crippen LogP contribution in [-0.4, -0.2) is 19.0 Å². The van der Waals surface area contributed by atoms with Crippen LogP contribution < -0.4 is 5.56 Å². The molecule has 22 heavy (non-hydrogen) atoms. The van der Waals surface area contributed by atoms with E-state index in [1.54, 1.807) is 6.92 Å². The van der Waals surface area contributed by atoms with Gasteiger partial charge in [-0.3, -0.25) is 9.36 Å². The number of hydrogen-bond donors (Lipinski definition) is 1. The molecule has 0 saturated heterocycles. The summed E-state index contributed by atoms with van der Waals surface area (Å²) in [6.07, 6.45) is -0.255. The van der Waals surface area contributed by atoms with Crippen LogP contribution in [0.4, 0.5) is 8.78 Å². The monoisotopic (exact) mass is 323 g/mol. The minimum Gasteiger partial charge on any atom is -0.386 e. The molecule has 0 aliphatic rings. The van der Waals surface area contributed by atoms with Crippen molar-refractivity contribution in [2.24, 2.45) is 0 Å². The summed E-state index contributed by atoms with van der Waals surface area (Å²) in [7, 11) is 0. The van der Waals surface area contributed by atoms with Gasteiger partial charge in [0.15, 0.2) is 4.83 Å². The van der Waals surface area contributed by atoms with Gasteiger partial charge in [0.2, 0.25) is 0 Å². The highest BCUT2D eigenvalue weighted by Gasteiger charge is 2.20. The smallest absolute Gasteiger partial charge is 0.264 e. The van der Waals surface area contributed by atoms with Crippen LogP contribution in [0.3, 0.4) is 0 Å². The molecule has 114 valence electrons. The molecule has 0 unspecified atom stereocenters. The van der Waals surface area contributed by atoms with Gasteiger partial charge in [0.25, 0.3) is 5.56 Å². The summed E-state index contributed by atoms with van der Waals surface area (Å²) >= 11 is 1.10. The van der Waals surface area contributed by atoms with Gasteiger partial charge in [0.05, 0.1) is 29.5 Å². The molecule has 2 aromatic heterocycles. The van der Waals surface area contributed by atoms with E-state index in [9.17, 15) is 18.7 Å². The van der Waals surface area contributed by atoms with Gasteiger partial charge in [0.1, 0.15) is 17.7 Å². The lowest BCUT2D eigenvalue weighted by Crippen LogP contribution is -2.24. The number of halogens is 2. The van der Waals surface area contributed by atoms with Crippen LogP contribution in [0.5, 0.6) is 0 Å². The Kier molecular flexibility index (Phi) is 3.71. The first-order valence-electron chi connectivity index (χ1n) is 6.42. The van der Waals surface area contributed by atoms with Crippen LogP contribution >= 0.6 is 11.5 Å². The molecule has 0 bridgehead atoms. The number of aryl methyl sites for hydroxylation is 1. The third-order valence-corrected chi connectivity index (χ3v) is 4.18. The van der Waals surface area contributed by atoms with E-state index in [-0.39, 0.29) is 6.54 Å². The maximum Gasteiger partial charge on any atom is 0.264 e. The number of benzene rings is 1. The molecule has 0 spiro atoms. The molecule has 2 heterocycles. The highest BCUT2D eigenvalue weighted by atomic mass is 32.1. The van der Waals surface area contributed by atoms with Crippen molar-refractivity contribution in [3.63, 3.8) is 0 Å². The first-order valence-corrected chi connectivity index (χ1v) is 7.19. The van der Waals surface area contributed by atoms with E-state index >= 15 is 0 Å². The number of rotatable bonds is 3. The largest absolute Gasteiger partial charge is 0.386 e. The highest BCUT2D eigenvalue weighted by Crippen LogP contribution is 2.22. The Balaban J connectivity index is 2.01. The number of aliphatic hydroxyl groups is 1. The van der Waals surface area contributed by atoms with Gasteiger partial charge in [-0.25, -0.2) is 13.8 Å². The fourth-order valence-corrected chi connectivity index (χ4v) is 2.98. The van der Waals surface area contributed by atoms with Crippen LogP contribution in [0.25, 0.3) is 10.2 Å². The minimum atomic E-state index is -1.50. The van der Waals surface area contributed by atoms with E-state index in [4.69, 9.17) is 0 Å². The Morgan fingerprint density at radius 1 is 1.36 bits per heavy atom. The van der Waals surface area contributed by atoms with Crippen molar-refractivity contribution >= 4 is 21.7 Å². The fourth-order valence-electron chi connectivity index (χ4n) is 2.25. The number of fused-ring (bicyclic) bond motifs is 1. The van der Waals surface area contributed by atoms with E-state index in [2.05, 4.69) is 9.36 Å². The molecule has 0 saturated carbocycles. The predicted molar refractivity (Wildman–Crippen MR) is 77.7 cm³/mol. The molecule has 8 heteroatoms. The normalized spacial score (nSPS) is 12.7. The Morgan fingerprint density at radius 3 is 2.73 bits per heavy atom. The van der Waals surface area contributed by atoms with E-state index < -0.39 is 28.9 Å². The van der Waals surface area contributed by atoms with Crippen molar-refractivity contribution in [3.8, 4) is 0 Å². The summed E-state index contributed by atoms with van der Waals surface area (Å²) in [5.74, 6) is -1.72. The number of aliphatic hydroxyl groups excluding tert-OH is 1. The zero-order valence-corrected chi connectivity index (χ0v) is 12.3. The second-order valence-corrected chi connectivity index (χ2v) is 5.55. The van der Waals surface area contributed by atoms with Gasteiger partial charge in [-0.1, -0.05) is 6.07 Å². The predicted octanol–water partition coefficient (Wildman–Crippen LogP) is 2.17. The van der Waals surface area contributed by atoms with Crippen LogP contribution in [0.1, 0.15) is 17.4 Å². The number of hydrogen-bond acceptors (Lipinski definition) is 5. The van der Waals surface area contributed by atoms with E-state index in [1.165, 1.54) is 12.4 Å². The summed E-state index contributed by atoms with van der Waals surface area (Å²) < 4.78 is 32.5. The fraction of sp³-hybridized carbons (Fsp3) is 0.214. The lowest BCUT2D eigenvalue weighted by atomic mass is 10.1. The van der Waals surface area contributed by atoms with Crippen LogP contribution in [0, 0.1) is 18.6 Å². The lowest BCUT2D eigenvalue weighted by Gasteiger charge is -2.14. The van der Waals surface area contributed by atoms with Gasteiger partial charge in [-0.15, -0.1) is 0 Å². The van der Waals surface area contributed by atoms with Crippen molar-refractivity contribution in [1.29, 1.82) is 0 Å². The van der Waals surface area contributed by atoms with E-state index in [0.29, 0.717) is 15.9 Å². The van der Waals surface area contributed by atoms with Gasteiger partial charge in [0, 0.05) is 0 Å². The van der Waals surface area contributed by atoms with Gasteiger partial charge >= 0.3 is 0 Å². The standard InChI is InChI=1S/C14H11F2N3O2S/c1-7-11-13(22-18-7)17-6-19(14(11)21)5-10(20)12-8(15)3-2-4-9(12)16/h2-4,6,10,20H,5H2,1H3/t10-/m1/s1. The summed E-state index contributed by atoms with van der Waals surface area (Å²) in [6, 6.07) is 3.32. The van der Waals surface area contributed by atoms with Gasteiger partial charge in [-0.05, 0) is 30.6 Å². The molecule has 0 aliphatic carbocycles. The van der Waals surface area contributed by atoms with Crippen LogP contribution in [0.15, 0.2) is 29.3 Å². The second kappa shape index (κ2) is 5.54. The zero-order valence-electron chi connectivity index (χ0n) is 11.5. The number of nitrogens with zero attached hydrogens (tertiary/aromatic N) is 3. The summed E-state index contributed by atoms with van der Waals surface area (Å²) in [5.41, 5.74) is -0.319. The first kappa shape index (κ1) is 14.7. The van der Waals surface area contributed by atoms with Crippen molar-refractivity contribution in [3.05, 3.63) is 57.8 Å². The molecule has 5 nitrogen and oxygen atoms in total. The average Bonchev–Trinajstić information content (AvgIpc) is 2.84. The van der Waals surface area contributed by atoms with E-state index in [0.717, 1.165) is 28.2 Å². The SMILES string of the molecule is Cc1nsc2ncn(C[C@@H](O)c3c(F)cccc3F)c(=O)c12. The molecule has 3 aromatic rings. The van der Waals surface area contributed by atoms with Crippen LogP contribution in [-0.2, 0) is 6.54 Å². The highest BCUT2D eigenvalue weighted by molar-refractivity contribution is 7.12. The van der Waals surface area contributed by atoms with Gasteiger partial charge in [-0.2, -0.15) is 4.37 Å². The molecule has 0 fully saturated rings. The third-order valence-electron chi connectivity index (χ3n) is 3.34. The number of aromatic nitrogens is 3. The molecule has 3 rings (SSSR count). The van der Waals surface area contributed by atoms with Crippen molar-refractivity contribution < 1.29 is 13.9 Å². The maximum absolute atomic E-state index is 13.7. The summed E-state index contributed by atoms with van der Waals surface area (Å²) in [5, 5.41) is 10.4. The Hall–Kier alpha value is -2.19. The molecule has 0 radical (unpaired) electrons. The molecular formula is C14H11F2N3O2S. The van der Waals surface area contributed by atoms with Crippen molar-refractivity contribution in [1.82, 2.24) is 13.9 Å². The molecular weight excluding hydrogens is 312 g/mol. The Labute approximate surface area is 127 Å². The Bertz CT molecular complexity index is 886. The molecule has 0 aliphatic heterocycles. The zero-order chi connectivity index (χ0) is 15.9. The summed E-state index contributed by atoms with van der Waals surface area (Å²) in [4.78, 5) is 16.9. The van der Waals surface area contributed by atoms with Gasteiger partial charge < -0.3 is 5.11 Å². The molecule has 0 amide bonds. The average molecular weight is 323 g/mol. The topological polar surface area (TPSA) is 68.0 Å². The molecule has 1 aromatic carbocycles. The lowest BCUT2D eigenvalue weighted by molar-refractivity contribution is 0.145. The molecule has 1 atom stereocenters. The third kappa shape index (κ3) is 2.40. The minimum absolute atomic E-state index is 0.297. The first-order chi connectivity index (χ1) is 10.5. The second-order valence-electron chi connectivity index (χ2n) is 4.80. The van der Waals surface area contributed by atoms with Crippen LogP contribution in [0.2, 0.25) is 0 Å². The summed E-state index contributed by atoms with van der Waals surface area (Å²) in [6.45, 7) is 1.38. The van der Waals surface area contributed by atoms with Crippen molar-refractivity contribution in [2.45, 2.75) is 19.6 Å². The Morgan fingerprint density at radius 2 is 2.05 bits per heavy atom. The van der Waals surface area contributed by atoms with Crippen molar-refractivity contribution in [2.75, 3.05) is 0 Å². The molecule has 1 N–H and O–H groups in total.